The molecule has 1 N–H and O–H groups in total. The second-order valence-corrected chi connectivity index (χ2v) is 7.26. The van der Waals surface area contributed by atoms with E-state index in [4.69, 9.17) is 25.8 Å². The maximum atomic E-state index is 13.6. The van der Waals surface area contributed by atoms with Gasteiger partial charge in [-0.15, -0.1) is 0 Å². The topological polar surface area (TPSA) is 87.5 Å². The van der Waals surface area contributed by atoms with E-state index in [1.54, 1.807) is 0 Å². The number of ether oxygens (including phenoxy) is 3. The predicted octanol–water partition coefficient (Wildman–Crippen LogP) is 4.37. The Balaban J connectivity index is 1.89. The highest BCUT2D eigenvalue weighted by molar-refractivity contribution is 6.32. The van der Waals surface area contributed by atoms with Crippen LogP contribution in [0.3, 0.4) is 0 Å². The van der Waals surface area contributed by atoms with Crippen LogP contribution < -0.4 is 19.5 Å². The number of halogens is 4. The van der Waals surface area contributed by atoms with Crippen molar-refractivity contribution in [2.45, 2.75) is 26.1 Å². The molecule has 0 bridgehead atoms. The number of hydrogen-bond donors (Lipinski definition) is 1. The molecule has 0 aliphatic carbocycles. The molecule has 32 heavy (non-hydrogen) atoms. The molecule has 3 aromatic rings. The minimum absolute atomic E-state index is 0.0106. The van der Waals surface area contributed by atoms with Gasteiger partial charge in [-0.05, 0) is 19.9 Å². The average Bonchev–Trinajstić information content (AvgIpc) is 3.00. The van der Waals surface area contributed by atoms with E-state index in [1.165, 1.54) is 51.9 Å². The number of aryl methyl sites for hydroxylation is 2. The molecule has 2 aromatic heterocycles. The SMILES string of the molecule is COc1cc(OC)c(NC(=O)C(C)Oc2cc(C(F)(F)F)c3c(C)nn(C)c3n2)cc1Cl. The molecule has 172 valence electrons. The molecule has 1 aromatic carbocycles. The summed E-state index contributed by atoms with van der Waals surface area (Å²) >= 11 is 6.10. The molecule has 1 unspecified atom stereocenters. The van der Waals surface area contributed by atoms with Crippen molar-refractivity contribution in [3.63, 3.8) is 0 Å². The van der Waals surface area contributed by atoms with Crippen LogP contribution in [0.1, 0.15) is 18.2 Å². The molecule has 0 fully saturated rings. The number of methoxy groups -OCH3 is 2. The smallest absolute Gasteiger partial charge is 0.417 e. The molecule has 1 atom stereocenters. The van der Waals surface area contributed by atoms with Crippen molar-refractivity contribution in [3.8, 4) is 17.4 Å². The molecule has 0 radical (unpaired) electrons. The van der Waals surface area contributed by atoms with E-state index >= 15 is 0 Å². The van der Waals surface area contributed by atoms with E-state index in [-0.39, 0.29) is 39.1 Å². The summed E-state index contributed by atoms with van der Waals surface area (Å²) in [6.07, 6.45) is -5.85. The van der Waals surface area contributed by atoms with E-state index in [0.29, 0.717) is 5.75 Å². The second-order valence-electron chi connectivity index (χ2n) is 6.85. The van der Waals surface area contributed by atoms with Gasteiger partial charge in [0.1, 0.15) is 11.5 Å². The lowest BCUT2D eigenvalue weighted by molar-refractivity contribution is -0.136. The largest absolute Gasteiger partial charge is 0.495 e. The summed E-state index contributed by atoms with van der Waals surface area (Å²) < 4.78 is 57.8. The number of benzene rings is 1. The van der Waals surface area contributed by atoms with E-state index in [2.05, 4.69) is 15.4 Å². The van der Waals surface area contributed by atoms with Gasteiger partial charge in [0.05, 0.1) is 41.6 Å². The van der Waals surface area contributed by atoms with Crippen LogP contribution in [0, 0.1) is 6.92 Å². The highest BCUT2D eigenvalue weighted by atomic mass is 35.5. The minimum atomic E-state index is -4.66. The Morgan fingerprint density at radius 3 is 2.44 bits per heavy atom. The number of hydrogen-bond acceptors (Lipinski definition) is 6. The number of carbonyl (C=O) groups excluding carboxylic acids is 1. The summed E-state index contributed by atoms with van der Waals surface area (Å²) in [6.45, 7) is 2.84. The molecule has 12 heteroatoms. The number of carbonyl (C=O) groups is 1. The normalized spacial score (nSPS) is 12.5. The van der Waals surface area contributed by atoms with Crippen molar-refractivity contribution in [1.29, 1.82) is 0 Å². The lowest BCUT2D eigenvalue weighted by Crippen LogP contribution is -2.30. The molecule has 0 saturated carbocycles. The Morgan fingerprint density at radius 1 is 1.19 bits per heavy atom. The lowest BCUT2D eigenvalue weighted by atomic mass is 10.1. The Morgan fingerprint density at radius 2 is 1.84 bits per heavy atom. The third-order valence-corrected chi connectivity index (χ3v) is 4.94. The monoisotopic (exact) mass is 472 g/mol. The zero-order valence-electron chi connectivity index (χ0n) is 17.8. The number of anilines is 1. The van der Waals surface area contributed by atoms with E-state index in [0.717, 1.165) is 6.07 Å². The zero-order chi connectivity index (χ0) is 23.8. The third kappa shape index (κ3) is 4.52. The molecule has 8 nitrogen and oxygen atoms in total. The molecule has 0 spiro atoms. The van der Waals surface area contributed by atoms with Crippen molar-refractivity contribution in [3.05, 3.63) is 34.5 Å². The standard InChI is InChI=1S/C20H20ClF3N4O4/c1-9-17-11(20(22,23)24)6-16(26-18(17)28(3)27-9)32-10(2)19(29)25-13-7-12(21)14(30-4)8-15(13)31-5/h6-8,10H,1-5H3,(H,25,29). The maximum absolute atomic E-state index is 13.6. The summed E-state index contributed by atoms with van der Waals surface area (Å²) in [6, 6.07) is 3.67. The van der Waals surface area contributed by atoms with Crippen LogP contribution in [-0.4, -0.2) is 41.0 Å². The van der Waals surface area contributed by atoms with Gasteiger partial charge in [-0.25, -0.2) is 0 Å². The van der Waals surface area contributed by atoms with Gasteiger partial charge in [0.25, 0.3) is 5.91 Å². The molecule has 0 saturated heterocycles. The number of pyridine rings is 1. The summed E-state index contributed by atoms with van der Waals surface area (Å²) in [7, 11) is 4.30. The van der Waals surface area contributed by atoms with E-state index in [9.17, 15) is 18.0 Å². The Kier molecular flexibility index (Phi) is 6.40. The Bertz CT molecular complexity index is 1180. The highest BCUT2D eigenvalue weighted by Crippen LogP contribution is 2.38. The van der Waals surface area contributed by atoms with Gasteiger partial charge in [0, 0.05) is 19.2 Å². The molecule has 0 aliphatic rings. The number of alkyl halides is 3. The zero-order valence-corrected chi connectivity index (χ0v) is 18.6. The van der Waals surface area contributed by atoms with Crippen LogP contribution >= 0.6 is 11.6 Å². The summed E-state index contributed by atoms with van der Waals surface area (Å²) in [5, 5.41) is 6.68. The molecular weight excluding hydrogens is 453 g/mol. The Labute approximate surface area is 186 Å². The molecule has 1 amide bonds. The van der Waals surface area contributed by atoms with Crippen LogP contribution in [0.25, 0.3) is 11.0 Å². The van der Waals surface area contributed by atoms with Crippen molar-refractivity contribution < 1.29 is 32.2 Å². The van der Waals surface area contributed by atoms with Crippen LogP contribution in [0.4, 0.5) is 18.9 Å². The molecule has 2 heterocycles. The maximum Gasteiger partial charge on any atom is 0.417 e. The van der Waals surface area contributed by atoms with Gasteiger partial charge in [0.2, 0.25) is 5.88 Å². The summed E-state index contributed by atoms with van der Waals surface area (Å²) in [5.41, 5.74) is -0.536. The predicted molar refractivity (Wildman–Crippen MR) is 112 cm³/mol. The van der Waals surface area contributed by atoms with Crippen molar-refractivity contribution >= 4 is 34.2 Å². The lowest BCUT2D eigenvalue weighted by Gasteiger charge is -2.17. The summed E-state index contributed by atoms with van der Waals surface area (Å²) in [4.78, 5) is 16.7. The fourth-order valence-electron chi connectivity index (χ4n) is 3.13. The van der Waals surface area contributed by atoms with E-state index < -0.39 is 23.8 Å². The first-order valence-electron chi connectivity index (χ1n) is 9.26. The van der Waals surface area contributed by atoms with Gasteiger partial charge in [0.15, 0.2) is 11.8 Å². The van der Waals surface area contributed by atoms with Crippen LogP contribution in [0.2, 0.25) is 5.02 Å². The first kappa shape index (κ1) is 23.5. The quantitative estimate of drug-likeness (QED) is 0.573. The Hall–Kier alpha value is -3.21. The van der Waals surface area contributed by atoms with Gasteiger partial charge >= 0.3 is 6.18 Å². The summed E-state index contributed by atoms with van der Waals surface area (Å²) in [5.74, 6) is -0.401. The highest BCUT2D eigenvalue weighted by Gasteiger charge is 2.36. The van der Waals surface area contributed by atoms with Crippen LogP contribution in [0.5, 0.6) is 17.4 Å². The average molecular weight is 473 g/mol. The number of amides is 1. The number of nitrogens with zero attached hydrogens (tertiary/aromatic N) is 3. The van der Waals surface area contributed by atoms with Crippen molar-refractivity contribution in [1.82, 2.24) is 14.8 Å². The first-order valence-corrected chi connectivity index (χ1v) is 9.64. The van der Waals surface area contributed by atoms with Crippen molar-refractivity contribution in [2.75, 3.05) is 19.5 Å². The fourth-order valence-corrected chi connectivity index (χ4v) is 3.37. The van der Waals surface area contributed by atoms with Crippen LogP contribution in [0.15, 0.2) is 18.2 Å². The molecule has 3 rings (SSSR count). The second kappa shape index (κ2) is 8.73. The number of nitrogens with one attached hydrogen (secondary N) is 1. The molecular formula is C20H20ClF3N4O4. The van der Waals surface area contributed by atoms with Gasteiger partial charge in [-0.2, -0.15) is 23.3 Å². The first-order chi connectivity index (χ1) is 15.0. The number of fused-ring (bicyclic) bond motifs is 1. The van der Waals surface area contributed by atoms with Gasteiger partial charge in [-0.3, -0.25) is 9.48 Å². The van der Waals surface area contributed by atoms with Crippen LogP contribution in [-0.2, 0) is 18.0 Å². The molecule has 0 aliphatic heterocycles. The minimum Gasteiger partial charge on any atom is -0.495 e. The number of aromatic nitrogens is 3. The van der Waals surface area contributed by atoms with Crippen molar-refractivity contribution in [2.24, 2.45) is 7.05 Å². The van der Waals surface area contributed by atoms with Gasteiger partial charge in [-0.1, -0.05) is 11.6 Å². The van der Waals surface area contributed by atoms with Gasteiger partial charge < -0.3 is 19.5 Å². The van der Waals surface area contributed by atoms with E-state index in [1.807, 2.05) is 0 Å². The fraction of sp³-hybridized carbons (Fsp3) is 0.350. The third-order valence-electron chi connectivity index (χ3n) is 4.65. The number of rotatable bonds is 6.